The molecule has 0 bridgehead atoms. The Balaban J connectivity index is 1.88. The molecule has 4 unspecified atom stereocenters. The van der Waals surface area contributed by atoms with E-state index in [1.165, 1.54) is 38.5 Å². The lowest BCUT2D eigenvalue weighted by molar-refractivity contribution is 0.233. The molecule has 2 saturated carbocycles. The van der Waals surface area contributed by atoms with Crippen molar-refractivity contribution < 1.29 is 9.59 Å². The highest BCUT2D eigenvalue weighted by Crippen LogP contribution is 2.35. The molecule has 0 aromatic carbocycles. The van der Waals surface area contributed by atoms with E-state index in [9.17, 15) is 9.59 Å². The van der Waals surface area contributed by atoms with Gasteiger partial charge in [-0.1, -0.05) is 25.7 Å². The maximum absolute atomic E-state index is 10.5. The fourth-order valence-electron chi connectivity index (χ4n) is 3.95. The van der Waals surface area contributed by atoms with Crippen LogP contribution in [0, 0.1) is 11.8 Å². The predicted octanol–water partition coefficient (Wildman–Crippen LogP) is 3.56. The van der Waals surface area contributed by atoms with Gasteiger partial charge < -0.3 is 0 Å². The Kier molecular flexibility index (Phi) is 6.17. The third kappa shape index (κ3) is 4.13. The zero-order valence-electron chi connectivity index (χ0n) is 12.1. The molecule has 0 aliphatic heterocycles. The second-order valence-electron chi connectivity index (χ2n) is 6.24. The third-order valence-electron chi connectivity index (χ3n) is 5.08. The fraction of sp³-hybridized carbons (Fsp3) is 0.875. The highest BCUT2D eigenvalue weighted by atomic mass is 16.1. The van der Waals surface area contributed by atoms with Gasteiger partial charge in [-0.2, -0.15) is 0 Å². The van der Waals surface area contributed by atoms with Crippen LogP contribution in [0.1, 0.15) is 64.2 Å². The number of nitrogens with zero attached hydrogens (tertiary/aromatic N) is 2. The molecule has 0 radical (unpaired) electrons. The predicted molar refractivity (Wildman–Crippen MR) is 77.0 cm³/mol. The van der Waals surface area contributed by atoms with Crippen molar-refractivity contribution in [2.45, 2.75) is 76.3 Å². The summed E-state index contributed by atoms with van der Waals surface area (Å²) in [6.45, 7) is 0. The van der Waals surface area contributed by atoms with E-state index in [4.69, 9.17) is 0 Å². The van der Waals surface area contributed by atoms with Gasteiger partial charge >= 0.3 is 0 Å². The topological polar surface area (TPSA) is 58.9 Å². The molecule has 2 aliphatic rings. The van der Waals surface area contributed by atoms with Crippen LogP contribution < -0.4 is 0 Å². The van der Waals surface area contributed by atoms with Gasteiger partial charge in [-0.05, 0) is 50.4 Å². The summed E-state index contributed by atoms with van der Waals surface area (Å²) in [7, 11) is 0. The largest absolute Gasteiger partial charge is 0.235 e. The van der Waals surface area contributed by atoms with Gasteiger partial charge in [0, 0.05) is 0 Å². The lowest BCUT2D eigenvalue weighted by Gasteiger charge is -2.32. The molecular formula is C16H24N2O2. The quantitative estimate of drug-likeness (QED) is 0.569. The summed E-state index contributed by atoms with van der Waals surface area (Å²) in [4.78, 5) is 29.0. The van der Waals surface area contributed by atoms with Crippen molar-refractivity contribution in [3.05, 3.63) is 0 Å². The second-order valence-corrected chi connectivity index (χ2v) is 6.24. The molecule has 4 heteroatoms. The first-order valence-electron chi connectivity index (χ1n) is 7.99. The molecule has 0 saturated heterocycles. The van der Waals surface area contributed by atoms with E-state index in [2.05, 4.69) is 9.98 Å². The van der Waals surface area contributed by atoms with Gasteiger partial charge in [-0.25, -0.2) is 19.6 Å². The summed E-state index contributed by atoms with van der Waals surface area (Å²) in [5, 5.41) is 0. The van der Waals surface area contributed by atoms with E-state index in [1.807, 2.05) is 0 Å². The molecule has 0 aromatic rings. The van der Waals surface area contributed by atoms with E-state index in [0.717, 1.165) is 25.7 Å². The van der Waals surface area contributed by atoms with Crippen molar-refractivity contribution in [2.24, 2.45) is 21.8 Å². The summed E-state index contributed by atoms with van der Waals surface area (Å²) < 4.78 is 0. The molecule has 0 spiro atoms. The zero-order valence-corrected chi connectivity index (χ0v) is 12.1. The molecule has 0 N–H and O–H groups in total. The van der Waals surface area contributed by atoms with Crippen LogP contribution in [-0.2, 0) is 9.59 Å². The molecule has 2 fully saturated rings. The van der Waals surface area contributed by atoms with Crippen LogP contribution in [-0.4, -0.2) is 24.2 Å². The monoisotopic (exact) mass is 276 g/mol. The number of hydrogen-bond acceptors (Lipinski definition) is 4. The number of isocyanates is 2. The third-order valence-corrected chi connectivity index (χ3v) is 5.08. The Morgan fingerprint density at radius 3 is 1.50 bits per heavy atom. The van der Waals surface area contributed by atoms with Gasteiger partial charge in [0.05, 0.1) is 12.1 Å². The number of carbonyl (C=O) groups excluding carboxylic acids is 2. The molecular weight excluding hydrogens is 252 g/mol. The van der Waals surface area contributed by atoms with E-state index < -0.39 is 0 Å². The maximum Gasteiger partial charge on any atom is 0.235 e. The smallest absolute Gasteiger partial charge is 0.211 e. The molecule has 20 heavy (non-hydrogen) atoms. The molecule has 4 nitrogen and oxygen atoms in total. The van der Waals surface area contributed by atoms with E-state index in [0.29, 0.717) is 11.8 Å². The van der Waals surface area contributed by atoms with Crippen molar-refractivity contribution >= 4 is 12.2 Å². The minimum Gasteiger partial charge on any atom is -0.211 e. The Morgan fingerprint density at radius 1 is 0.700 bits per heavy atom. The van der Waals surface area contributed by atoms with E-state index in [-0.39, 0.29) is 12.1 Å². The zero-order chi connectivity index (χ0) is 14.2. The van der Waals surface area contributed by atoms with Gasteiger partial charge in [-0.15, -0.1) is 0 Å². The van der Waals surface area contributed by atoms with Gasteiger partial charge in [0.1, 0.15) is 0 Å². The molecule has 4 atom stereocenters. The average Bonchev–Trinajstić information content (AvgIpc) is 2.48. The number of rotatable bonds is 5. The molecule has 2 aliphatic carbocycles. The number of hydrogen-bond donors (Lipinski definition) is 0. The van der Waals surface area contributed by atoms with Crippen LogP contribution >= 0.6 is 0 Å². The van der Waals surface area contributed by atoms with E-state index in [1.54, 1.807) is 12.2 Å². The Bertz CT molecular complexity index is 359. The van der Waals surface area contributed by atoms with Gasteiger partial charge in [0.2, 0.25) is 12.2 Å². The van der Waals surface area contributed by atoms with Gasteiger partial charge in [-0.3, -0.25) is 0 Å². The van der Waals surface area contributed by atoms with Crippen LogP contribution in [0.4, 0.5) is 0 Å². The molecule has 0 heterocycles. The second kappa shape index (κ2) is 8.14. The SMILES string of the molecule is O=C=NC1CCCCC1CCC1CCCCC1N=C=O. The van der Waals surface area contributed by atoms with Gasteiger partial charge in [0.25, 0.3) is 0 Å². The minimum absolute atomic E-state index is 0.179. The summed E-state index contributed by atoms with van der Waals surface area (Å²) in [6.07, 6.45) is 14.9. The fourth-order valence-corrected chi connectivity index (χ4v) is 3.95. The first-order valence-corrected chi connectivity index (χ1v) is 7.99. The van der Waals surface area contributed by atoms with Crippen LogP contribution in [0.2, 0.25) is 0 Å². The Hall–Kier alpha value is -1.24. The normalized spacial score (nSPS) is 33.8. The van der Waals surface area contributed by atoms with Crippen molar-refractivity contribution in [3.8, 4) is 0 Å². The Morgan fingerprint density at radius 2 is 1.10 bits per heavy atom. The average molecular weight is 276 g/mol. The molecule has 110 valence electrons. The van der Waals surface area contributed by atoms with Crippen molar-refractivity contribution in [1.82, 2.24) is 0 Å². The first-order chi connectivity index (χ1) is 9.85. The standard InChI is InChI=1S/C16H24N2O2/c19-11-17-15-7-3-1-5-13(15)9-10-14-6-2-4-8-16(14)18-12-20/h13-16H,1-10H2. The van der Waals surface area contributed by atoms with Crippen LogP contribution in [0.15, 0.2) is 9.98 Å². The maximum atomic E-state index is 10.5. The summed E-state index contributed by atoms with van der Waals surface area (Å²) in [6, 6.07) is 0.357. The highest BCUT2D eigenvalue weighted by molar-refractivity contribution is 5.34. The lowest BCUT2D eigenvalue weighted by Crippen LogP contribution is -2.27. The minimum atomic E-state index is 0.179. The number of aliphatic imine (C=N–C) groups is 2. The van der Waals surface area contributed by atoms with Gasteiger partial charge in [0.15, 0.2) is 0 Å². The van der Waals surface area contributed by atoms with Crippen molar-refractivity contribution in [1.29, 1.82) is 0 Å². The summed E-state index contributed by atoms with van der Waals surface area (Å²) in [5.41, 5.74) is 0. The highest BCUT2D eigenvalue weighted by Gasteiger charge is 2.29. The van der Waals surface area contributed by atoms with Crippen LogP contribution in [0.5, 0.6) is 0 Å². The summed E-state index contributed by atoms with van der Waals surface area (Å²) >= 11 is 0. The first kappa shape index (κ1) is 15.2. The summed E-state index contributed by atoms with van der Waals surface area (Å²) in [5.74, 6) is 1.04. The van der Waals surface area contributed by atoms with Crippen molar-refractivity contribution in [3.63, 3.8) is 0 Å². The lowest BCUT2D eigenvalue weighted by atomic mass is 9.76. The molecule has 0 aromatic heterocycles. The molecule has 2 rings (SSSR count). The van der Waals surface area contributed by atoms with Crippen LogP contribution in [0.25, 0.3) is 0 Å². The van der Waals surface area contributed by atoms with Crippen LogP contribution in [0.3, 0.4) is 0 Å². The van der Waals surface area contributed by atoms with E-state index >= 15 is 0 Å². The Labute approximate surface area is 120 Å². The molecule has 0 amide bonds. The van der Waals surface area contributed by atoms with Crippen molar-refractivity contribution in [2.75, 3.05) is 0 Å².